The van der Waals surface area contributed by atoms with Gasteiger partial charge < -0.3 is 10.2 Å². The van der Waals surface area contributed by atoms with Gasteiger partial charge in [0, 0.05) is 25.7 Å². The van der Waals surface area contributed by atoms with Gasteiger partial charge in [0.2, 0.25) is 5.91 Å². The molecule has 0 aliphatic carbocycles. The minimum atomic E-state index is 0.276. The Hall–Kier alpha value is -0.610. The maximum Gasteiger partial charge on any atom is 0.236 e. The molecule has 106 valence electrons. The van der Waals surface area contributed by atoms with Crippen LogP contribution in [0.1, 0.15) is 33.6 Å². The van der Waals surface area contributed by atoms with Crippen molar-refractivity contribution in [2.24, 2.45) is 5.92 Å². The zero-order chi connectivity index (χ0) is 13.5. The second-order valence-electron chi connectivity index (χ2n) is 5.28. The van der Waals surface area contributed by atoms with E-state index in [9.17, 15) is 4.79 Å². The number of carbonyl (C=O) groups is 1. The van der Waals surface area contributed by atoms with Gasteiger partial charge in [-0.05, 0) is 53.1 Å². The molecule has 0 radical (unpaired) electrons. The molecule has 1 aliphatic rings. The summed E-state index contributed by atoms with van der Waals surface area (Å²) in [4.78, 5) is 16.3. The summed E-state index contributed by atoms with van der Waals surface area (Å²) in [5, 5.41) is 3.33. The number of amides is 1. The lowest BCUT2D eigenvalue weighted by Gasteiger charge is -2.36. The highest BCUT2D eigenvalue weighted by Crippen LogP contribution is 2.19. The first-order valence-electron chi connectivity index (χ1n) is 7.29. The van der Waals surface area contributed by atoms with Gasteiger partial charge in [0.25, 0.3) is 0 Å². The van der Waals surface area contributed by atoms with Crippen LogP contribution in [0.25, 0.3) is 0 Å². The first-order chi connectivity index (χ1) is 8.62. The molecule has 1 rings (SSSR count). The molecule has 2 unspecified atom stereocenters. The third-order valence-corrected chi connectivity index (χ3v) is 4.18. The van der Waals surface area contributed by atoms with Crippen LogP contribution in [-0.4, -0.2) is 61.5 Å². The van der Waals surface area contributed by atoms with Crippen molar-refractivity contribution >= 4 is 5.91 Å². The second kappa shape index (κ2) is 7.74. The van der Waals surface area contributed by atoms with Crippen molar-refractivity contribution in [3.8, 4) is 0 Å². The van der Waals surface area contributed by atoms with Crippen molar-refractivity contribution in [3.05, 3.63) is 0 Å². The summed E-state index contributed by atoms with van der Waals surface area (Å²) in [6, 6.07) is 0.538. The summed E-state index contributed by atoms with van der Waals surface area (Å²) in [5.74, 6) is 0.950. The van der Waals surface area contributed by atoms with Crippen molar-refractivity contribution in [2.45, 2.75) is 39.7 Å². The number of likely N-dealkylation sites (N-methyl/N-ethyl adjacent to an activating group) is 1. The molecule has 0 spiro atoms. The van der Waals surface area contributed by atoms with Gasteiger partial charge >= 0.3 is 0 Å². The van der Waals surface area contributed by atoms with Gasteiger partial charge in [0.05, 0.1) is 6.54 Å². The van der Waals surface area contributed by atoms with E-state index in [1.165, 1.54) is 12.8 Å². The number of nitrogens with one attached hydrogen (secondary N) is 1. The SMILES string of the molecule is CCN(CC)C(=O)CN1CCCC(C(C)NC)C1. The van der Waals surface area contributed by atoms with E-state index < -0.39 is 0 Å². The lowest BCUT2D eigenvalue weighted by molar-refractivity contribution is -0.132. The molecule has 1 fully saturated rings. The van der Waals surface area contributed by atoms with E-state index in [4.69, 9.17) is 0 Å². The van der Waals surface area contributed by atoms with Crippen molar-refractivity contribution < 1.29 is 4.79 Å². The molecule has 1 saturated heterocycles. The molecule has 1 aliphatic heterocycles. The van der Waals surface area contributed by atoms with Crippen molar-refractivity contribution in [1.82, 2.24) is 15.1 Å². The van der Waals surface area contributed by atoms with Crippen LogP contribution in [0, 0.1) is 5.92 Å². The predicted octanol–water partition coefficient (Wildman–Crippen LogP) is 1.17. The van der Waals surface area contributed by atoms with Gasteiger partial charge in [-0.2, -0.15) is 0 Å². The third-order valence-electron chi connectivity index (χ3n) is 4.18. The fourth-order valence-electron chi connectivity index (χ4n) is 2.75. The van der Waals surface area contributed by atoms with Gasteiger partial charge in [-0.15, -0.1) is 0 Å². The fourth-order valence-corrected chi connectivity index (χ4v) is 2.75. The van der Waals surface area contributed by atoms with Crippen LogP contribution in [0.5, 0.6) is 0 Å². The molecule has 1 amide bonds. The van der Waals surface area contributed by atoms with E-state index in [-0.39, 0.29) is 5.91 Å². The van der Waals surface area contributed by atoms with Crippen LogP contribution in [0.15, 0.2) is 0 Å². The van der Waals surface area contributed by atoms with Crippen LogP contribution < -0.4 is 5.32 Å². The first-order valence-corrected chi connectivity index (χ1v) is 7.29. The molecule has 4 heteroatoms. The number of hydrogen-bond acceptors (Lipinski definition) is 3. The van der Waals surface area contributed by atoms with E-state index in [2.05, 4.69) is 17.1 Å². The number of likely N-dealkylation sites (tertiary alicyclic amines) is 1. The van der Waals surface area contributed by atoms with Crippen LogP contribution in [0.2, 0.25) is 0 Å². The number of piperidine rings is 1. The predicted molar refractivity (Wildman–Crippen MR) is 75.6 cm³/mol. The summed E-state index contributed by atoms with van der Waals surface area (Å²) < 4.78 is 0. The Balaban J connectivity index is 2.44. The lowest BCUT2D eigenvalue weighted by Crippen LogP contribution is -2.47. The van der Waals surface area contributed by atoms with Crippen LogP contribution in [0.4, 0.5) is 0 Å². The highest BCUT2D eigenvalue weighted by Gasteiger charge is 2.25. The van der Waals surface area contributed by atoms with Crippen molar-refractivity contribution in [1.29, 1.82) is 0 Å². The van der Waals surface area contributed by atoms with Crippen LogP contribution in [0.3, 0.4) is 0 Å². The van der Waals surface area contributed by atoms with Gasteiger partial charge in [0.15, 0.2) is 0 Å². The largest absolute Gasteiger partial charge is 0.342 e. The average molecular weight is 255 g/mol. The van der Waals surface area contributed by atoms with Crippen LogP contribution >= 0.6 is 0 Å². The van der Waals surface area contributed by atoms with Crippen molar-refractivity contribution in [2.75, 3.05) is 39.8 Å². The molecule has 18 heavy (non-hydrogen) atoms. The molecule has 0 saturated carbocycles. The molecule has 2 atom stereocenters. The Morgan fingerprint density at radius 1 is 1.44 bits per heavy atom. The monoisotopic (exact) mass is 255 g/mol. The van der Waals surface area contributed by atoms with E-state index in [0.29, 0.717) is 18.5 Å². The zero-order valence-corrected chi connectivity index (χ0v) is 12.4. The Morgan fingerprint density at radius 2 is 2.11 bits per heavy atom. The topological polar surface area (TPSA) is 35.6 Å². The maximum atomic E-state index is 12.1. The summed E-state index contributed by atoms with van der Waals surface area (Å²) >= 11 is 0. The van der Waals surface area contributed by atoms with Gasteiger partial charge in [-0.1, -0.05) is 0 Å². The Kier molecular flexibility index (Phi) is 6.65. The van der Waals surface area contributed by atoms with Gasteiger partial charge in [0.1, 0.15) is 0 Å². The maximum absolute atomic E-state index is 12.1. The number of nitrogens with zero attached hydrogens (tertiary/aromatic N) is 2. The highest BCUT2D eigenvalue weighted by atomic mass is 16.2. The number of rotatable bonds is 6. The van der Waals surface area contributed by atoms with Crippen molar-refractivity contribution in [3.63, 3.8) is 0 Å². The fraction of sp³-hybridized carbons (Fsp3) is 0.929. The normalized spacial score (nSPS) is 22.8. The molecule has 0 bridgehead atoms. The minimum absolute atomic E-state index is 0.276. The molecular weight excluding hydrogens is 226 g/mol. The second-order valence-corrected chi connectivity index (χ2v) is 5.28. The van der Waals surface area contributed by atoms with Crippen LogP contribution in [-0.2, 0) is 4.79 Å². The summed E-state index contributed by atoms with van der Waals surface area (Å²) in [5.41, 5.74) is 0. The molecular formula is C14H29N3O. The number of carbonyl (C=O) groups excluding carboxylic acids is 1. The lowest BCUT2D eigenvalue weighted by atomic mass is 9.91. The Morgan fingerprint density at radius 3 is 2.67 bits per heavy atom. The zero-order valence-electron chi connectivity index (χ0n) is 12.4. The highest BCUT2D eigenvalue weighted by molar-refractivity contribution is 5.78. The van der Waals surface area contributed by atoms with Gasteiger partial charge in [-0.3, -0.25) is 9.69 Å². The smallest absolute Gasteiger partial charge is 0.236 e. The van der Waals surface area contributed by atoms with E-state index in [1.54, 1.807) is 0 Å². The molecule has 1 heterocycles. The number of hydrogen-bond donors (Lipinski definition) is 1. The average Bonchev–Trinajstić information content (AvgIpc) is 2.39. The quantitative estimate of drug-likeness (QED) is 0.774. The standard InChI is InChI=1S/C14H29N3O/c1-5-17(6-2)14(18)11-16-9-7-8-13(10-16)12(3)15-4/h12-13,15H,5-11H2,1-4H3. The molecule has 0 aromatic carbocycles. The summed E-state index contributed by atoms with van der Waals surface area (Å²) in [7, 11) is 2.02. The Labute approximate surface area is 112 Å². The molecule has 0 aromatic rings. The van der Waals surface area contributed by atoms with E-state index >= 15 is 0 Å². The first kappa shape index (κ1) is 15.4. The van der Waals surface area contributed by atoms with E-state index in [0.717, 1.165) is 26.2 Å². The third kappa shape index (κ3) is 4.25. The molecule has 1 N–H and O–H groups in total. The minimum Gasteiger partial charge on any atom is -0.342 e. The van der Waals surface area contributed by atoms with E-state index in [1.807, 2.05) is 25.8 Å². The molecule has 0 aromatic heterocycles. The summed E-state index contributed by atoms with van der Waals surface area (Å²) in [6.45, 7) is 10.7. The Bertz CT molecular complexity index is 253. The van der Waals surface area contributed by atoms with Gasteiger partial charge in [-0.25, -0.2) is 0 Å². The summed E-state index contributed by atoms with van der Waals surface area (Å²) in [6.07, 6.45) is 2.49. The molecule has 4 nitrogen and oxygen atoms in total.